The molecule has 3 atom stereocenters. The summed E-state index contributed by atoms with van der Waals surface area (Å²) in [4.78, 5) is 11.3. The molecular formula is C11H19NO2. The molecule has 0 spiro atoms. The fraction of sp³-hybridized carbons (Fsp3) is 0.909. The van der Waals surface area contributed by atoms with Crippen molar-refractivity contribution in [2.45, 2.75) is 63.6 Å². The second kappa shape index (κ2) is 4.30. The van der Waals surface area contributed by atoms with Crippen molar-refractivity contribution >= 4 is 5.97 Å². The van der Waals surface area contributed by atoms with Gasteiger partial charge in [-0.3, -0.25) is 4.79 Å². The normalized spacial score (nSPS) is 35.6. The summed E-state index contributed by atoms with van der Waals surface area (Å²) in [5.74, 6) is -0.0214. The van der Waals surface area contributed by atoms with Gasteiger partial charge in [0.25, 0.3) is 0 Å². The highest BCUT2D eigenvalue weighted by Crippen LogP contribution is 2.29. The number of ether oxygens (including phenoxy) is 1. The van der Waals surface area contributed by atoms with Gasteiger partial charge in [0.2, 0.25) is 0 Å². The Labute approximate surface area is 85.2 Å². The first-order valence-electron chi connectivity index (χ1n) is 5.75. The van der Waals surface area contributed by atoms with Crippen LogP contribution in [-0.4, -0.2) is 24.2 Å². The van der Waals surface area contributed by atoms with Crippen molar-refractivity contribution in [2.24, 2.45) is 0 Å². The molecule has 2 heterocycles. The van der Waals surface area contributed by atoms with E-state index in [4.69, 9.17) is 4.74 Å². The van der Waals surface area contributed by atoms with Crippen LogP contribution in [0.3, 0.4) is 0 Å². The Balaban J connectivity index is 1.83. The molecule has 0 aliphatic carbocycles. The van der Waals surface area contributed by atoms with Crippen molar-refractivity contribution in [3.63, 3.8) is 0 Å². The highest BCUT2D eigenvalue weighted by Gasteiger charge is 2.38. The van der Waals surface area contributed by atoms with Crippen LogP contribution in [0.5, 0.6) is 0 Å². The molecule has 3 heteroatoms. The van der Waals surface area contributed by atoms with E-state index in [2.05, 4.69) is 5.32 Å². The second-order valence-corrected chi connectivity index (χ2v) is 4.42. The third-order valence-corrected chi connectivity index (χ3v) is 3.22. The minimum Gasteiger partial charge on any atom is -0.461 e. The molecule has 2 aliphatic heterocycles. The van der Waals surface area contributed by atoms with E-state index in [1.54, 1.807) is 0 Å². The number of hydrogen-bond donors (Lipinski definition) is 1. The lowest BCUT2D eigenvalue weighted by Gasteiger charge is -2.22. The van der Waals surface area contributed by atoms with Gasteiger partial charge in [0.15, 0.2) is 0 Å². The highest BCUT2D eigenvalue weighted by atomic mass is 16.5. The van der Waals surface area contributed by atoms with E-state index in [0.29, 0.717) is 18.5 Å². The van der Waals surface area contributed by atoms with Gasteiger partial charge in [-0.05, 0) is 19.3 Å². The van der Waals surface area contributed by atoms with Gasteiger partial charge < -0.3 is 10.1 Å². The summed E-state index contributed by atoms with van der Waals surface area (Å²) in [6, 6.07) is 1.04. The summed E-state index contributed by atoms with van der Waals surface area (Å²) in [6.07, 6.45) is 6.32. The van der Waals surface area contributed by atoms with Crippen LogP contribution in [0.4, 0.5) is 0 Å². The van der Waals surface area contributed by atoms with Crippen molar-refractivity contribution < 1.29 is 9.53 Å². The summed E-state index contributed by atoms with van der Waals surface area (Å²) in [5, 5.41) is 3.51. The zero-order valence-electron chi connectivity index (χ0n) is 8.79. The summed E-state index contributed by atoms with van der Waals surface area (Å²) >= 11 is 0. The van der Waals surface area contributed by atoms with E-state index in [-0.39, 0.29) is 12.1 Å². The van der Waals surface area contributed by atoms with Crippen LogP contribution in [0.1, 0.15) is 45.4 Å². The first kappa shape index (κ1) is 9.97. The molecule has 2 saturated heterocycles. The Morgan fingerprint density at radius 3 is 3.07 bits per heavy atom. The van der Waals surface area contributed by atoms with Gasteiger partial charge in [-0.2, -0.15) is 0 Å². The van der Waals surface area contributed by atoms with Gasteiger partial charge in [-0.15, -0.1) is 0 Å². The predicted octanol–water partition coefficient (Wildman–Crippen LogP) is 1.61. The average Bonchev–Trinajstić information content (AvgIpc) is 2.42. The number of carbonyl (C=O) groups excluding carboxylic acids is 1. The molecule has 2 fully saturated rings. The summed E-state index contributed by atoms with van der Waals surface area (Å²) in [5.41, 5.74) is 0. The van der Waals surface area contributed by atoms with Crippen LogP contribution >= 0.6 is 0 Å². The van der Waals surface area contributed by atoms with E-state index >= 15 is 0 Å². The Hall–Kier alpha value is -0.570. The standard InChI is InChI=1S/C11H19NO2/c1-2-4-11(13)14-10-7-8-5-3-6-9(10)12-8/h8-10,12H,2-7H2,1H3/t8-,9+,10-/m0/s1. The number of hydrogen-bond acceptors (Lipinski definition) is 3. The van der Waals surface area contributed by atoms with Gasteiger partial charge >= 0.3 is 5.97 Å². The number of esters is 1. The molecule has 0 saturated carbocycles. The van der Waals surface area contributed by atoms with Crippen LogP contribution in [-0.2, 0) is 9.53 Å². The van der Waals surface area contributed by atoms with E-state index in [0.717, 1.165) is 12.8 Å². The Morgan fingerprint density at radius 1 is 1.50 bits per heavy atom. The molecule has 2 bridgehead atoms. The van der Waals surface area contributed by atoms with Gasteiger partial charge in [-0.25, -0.2) is 0 Å². The molecule has 0 amide bonds. The molecule has 0 aromatic rings. The topological polar surface area (TPSA) is 38.3 Å². The fourth-order valence-electron chi connectivity index (χ4n) is 2.54. The number of piperidine rings is 1. The van der Waals surface area contributed by atoms with Crippen LogP contribution in [0.2, 0.25) is 0 Å². The van der Waals surface area contributed by atoms with Gasteiger partial charge in [-0.1, -0.05) is 13.3 Å². The third kappa shape index (κ3) is 2.08. The smallest absolute Gasteiger partial charge is 0.306 e. The van der Waals surface area contributed by atoms with E-state index in [9.17, 15) is 4.79 Å². The predicted molar refractivity (Wildman–Crippen MR) is 54.0 cm³/mol. The van der Waals surface area contributed by atoms with Crippen molar-refractivity contribution in [1.82, 2.24) is 5.32 Å². The second-order valence-electron chi connectivity index (χ2n) is 4.42. The molecule has 0 unspecified atom stereocenters. The molecule has 14 heavy (non-hydrogen) atoms. The lowest BCUT2D eigenvalue weighted by atomic mass is 10.1. The van der Waals surface area contributed by atoms with Crippen LogP contribution in [0.25, 0.3) is 0 Å². The number of fused-ring (bicyclic) bond motifs is 2. The molecule has 2 aliphatic rings. The highest BCUT2D eigenvalue weighted by molar-refractivity contribution is 5.69. The monoisotopic (exact) mass is 197 g/mol. The first-order valence-corrected chi connectivity index (χ1v) is 5.75. The zero-order valence-corrected chi connectivity index (χ0v) is 8.79. The van der Waals surface area contributed by atoms with E-state index in [1.165, 1.54) is 19.3 Å². The first-order chi connectivity index (χ1) is 6.79. The number of rotatable bonds is 3. The molecule has 3 nitrogen and oxygen atoms in total. The van der Waals surface area contributed by atoms with E-state index in [1.807, 2.05) is 6.92 Å². The van der Waals surface area contributed by atoms with Crippen LogP contribution in [0.15, 0.2) is 0 Å². The number of nitrogens with one attached hydrogen (secondary N) is 1. The van der Waals surface area contributed by atoms with Crippen molar-refractivity contribution in [2.75, 3.05) is 0 Å². The quantitative estimate of drug-likeness (QED) is 0.699. The molecule has 0 aromatic carbocycles. The Kier molecular flexibility index (Phi) is 3.06. The van der Waals surface area contributed by atoms with Crippen LogP contribution in [0, 0.1) is 0 Å². The summed E-state index contributed by atoms with van der Waals surface area (Å²) in [7, 11) is 0. The Morgan fingerprint density at radius 2 is 2.36 bits per heavy atom. The maximum Gasteiger partial charge on any atom is 0.306 e. The molecule has 2 rings (SSSR count). The van der Waals surface area contributed by atoms with E-state index < -0.39 is 0 Å². The minimum atomic E-state index is -0.0214. The zero-order chi connectivity index (χ0) is 9.97. The molecule has 80 valence electrons. The molecule has 0 aromatic heterocycles. The van der Waals surface area contributed by atoms with Gasteiger partial charge in [0.1, 0.15) is 6.10 Å². The van der Waals surface area contributed by atoms with Gasteiger partial charge in [0, 0.05) is 24.9 Å². The largest absolute Gasteiger partial charge is 0.461 e. The maximum absolute atomic E-state index is 11.3. The van der Waals surface area contributed by atoms with Gasteiger partial charge in [0.05, 0.1) is 0 Å². The van der Waals surface area contributed by atoms with Crippen molar-refractivity contribution in [1.29, 1.82) is 0 Å². The third-order valence-electron chi connectivity index (χ3n) is 3.22. The molecule has 0 radical (unpaired) electrons. The number of carbonyl (C=O) groups is 1. The molecular weight excluding hydrogens is 178 g/mol. The average molecular weight is 197 g/mol. The van der Waals surface area contributed by atoms with Crippen molar-refractivity contribution in [3.8, 4) is 0 Å². The summed E-state index contributed by atoms with van der Waals surface area (Å²) in [6.45, 7) is 2.01. The Bertz CT molecular complexity index is 217. The summed E-state index contributed by atoms with van der Waals surface area (Å²) < 4.78 is 5.46. The lowest BCUT2D eigenvalue weighted by molar-refractivity contribution is -0.149. The van der Waals surface area contributed by atoms with Crippen LogP contribution < -0.4 is 5.32 Å². The fourth-order valence-corrected chi connectivity index (χ4v) is 2.54. The maximum atomic E-state index is 11.3. The SMILES string of the molecule is CCCC(=O)O[C@H]1C[C@@H]2CCC[C@H]1N2. The van der Waals surface area contributed by atoms with Crippen molar-refractivity contribution in [3.05, 3.63) is 0 Å². The lowest BCUT2D eigenvalue weighted by Crippen LogP contribution is -2.38. The molecule has 1 N–H and O–H groups in total. The minimum absolute atomic E-state index is 0.0214.